The standard InChI is InChI=1S/C13H24N2O3/c1-3-8(2)11(14)12(16)15-10-6-4-9(5-7-10)13(17)18/h8-11H,3-7,14H2,1-2H3,(H,15,16)(H,17,18). The van der Waals surface area contributed by atoms with Gasteiger partial charge in [0.15, 0.2) is 0 Å². The molecule has 4 N–H and O–H groups in total. The summed E-state index contributed by atoms with van der Waals surface area (Å²) >= 11 is 0. The molecule has 104 valence electrons. The van der Waals surface area contributed by atoms with Crippen molar-refractivity contribution < 1.29 is 14.7 Å². The molecule has 5 heteroatoms. The molecule has 18 heavy (non-hydrogen) atoms. The molecule has 0 aliphatic heterocycles. The highest BCUT2D eigenvalue weighted by Crippen LogP contribution is 2.24. The van der Waals surface area contributed by atoms with Gasteiger partial charge in [0.25, 0.3) is 0 Å². The summed E-state index contributed by atoms with van der Waals surface area (Å²) in [7, 11) is 0. The number of hydrogen-bond acceptors (Lipinski definition) is 3. The van der Waals surface area contributed by atoms with E-state index in [2.05, 4.69) is 5.32 Å². The lowest BCUT2D eigenvalue weighted by Gasteiger charge is -2.28. The predicted octanol–water partition coefficient (Wildman–Crippen LogP) is 1.12. The number of carboxylic acid groups (broad SMARTS) is 1. The molecule has 2 unspecified atom stereocenters. The largest absolute Gasteiger partial charge is 0.481 e. The van der Waals surface area contributed by atoms with Gasteiger partial charge in [-0.15, -0.1) is 0 Å². The summed E-state index contributed by atoms with van der Waals surface area (Å²) < 4.78 is 0. The van der Waals surface area contributed by atoms with Gasteiger partial charge < -0.3 is 16.2 Å². The number of hydrogen-bond donors (Lipinski definition) is 3. The van der Waals surface area contributed by atoms with Gasteiger partial charge in [-0.25, -0.2) is 0 Å². The van der Waals surface area contributed by atoms with Crippen molar-refractivity contribution in [1.82, 2.24) is 5.32 Å². The second kappa shape index (κ2) is 6.73. The van der Waals surface area contributed by atoms with Crippen LogP contribution in [0.1, 0.15) is 46.0 Å². The number of carboxylic acids is 1. The van der Waals surface area contributed by atoms with Crippen molar-refractivity contribution in [2.24, 2.45) is 17.6 Å². The van der Waals surface area contributed by atoms with E-state index in [9.17, 15) is 9.59 Å². The van der Waals surface area contributed by atoms with Crippen LogP contribution in [0.2, 0.25) is 0 Å². The predicted molar refractivity (Wildman–Crippen MR) is 69.0 cm³/mol. The Morgan fingerprint density at radius 2 is 1.89 bits per heavy atom. The third-order valence-corrected chi connectivity index (χ3v) is 3.98. The summed E-state index contributed by atoms with van der Waals surface area (Å²) in [6, 6.07) is -0.379. The van der Waals surface area contributed by atoms with Crippen molar-refractivity contribution in [1.29, 1.82) is 0 Å². The SMILES string of the molecule is CCC(C)C(N)C(=O)NC1CCC(C(=O)O)CC1. The van der Waals surface area contributed by atoms with Crippen molar-refractivity contribution in [3.8, 4) is 0 Å². The van der Waals surface area contributed by atoms with E-state index in [-0.39, 0.29) is 23.8 Å². The normalized spacial score (nSPS) is 27.3. The molecule has 0 spiro atoms. The fourth-order valence-corrected chi connectivity index (χ4v) is 2.29. The van der Waals surface area contributed by atoms with Gasteiger partial charge in [0.05, 0.1) is 12.0 Å². The van der Waals surface area contributed by atoms with Crippen molar-refractivity contribution in [2.45, 2.75) is 58.0 Å². The molecule has 1 saturated carbocycles. The smallest absolute Gasteiger partial charge is 0.306 e. The quantitative estimate of drug-likeness (QED) is 0.687. The Hall–Kier alpha value is -1.10. The zero-order chi connectivity index (χ0) is 13.7. The van der Waals surface area contributed by atoms with Crippen LogP contribution in [0.25, 0.3) is 0 Å². The van der Waals surface area contributed by atoms with E-state index in [1.165, 1.54) is 0 Å². The fourth-order valence-electron chi connectivity index (χ4n) is 2.29. The first kappa shape index (κ1) is 15.0. The molecular formula is C13H24N2O3. The monoisotopic (exact) mass is 256 g/mol. The molecule has 0 aromatic heterocycles. The maximum Gasteiger partial charge on any atom is 0.306 e. The van der Waals surface area contributed by atoms with E-state index in [0.29, 0.717) is 12.8 Å². The lowest BCUT2D eigenvalue weighted by Crippen LogP contribution is -2.49. The van der Waals surface area contributed by atoms with Gasteiger partial charge in [0.1, 0.15) is 0 Å². The summed E-state index contributed by atoms with van der Waals surface area (Å²) in [5, 5.41) is 11.8. The van der Waals surface area contributed by atoms with Crippen molar-refractivity contribution in [2.75, 3.05) is 0 Å². The van der Waals surface area contributed by atoms with Crippen molar-refractivity contribution in [3.63, 3.8) is 0 Å². The Bertz CT molecular complexity index is 299. The molecule has 0 aromatic carbocycles. The van der Waals surface area contributed by atoms with Crippen LogP contribution in [0.15, 0.2) is 0 Å². The summed E-state index contributed by atoms with van der Waals surface area (Å²) in [6.07, 6.45) is 3.61. The molecule has 0 heterocycles. The van der Waals surface area contributed by atoms with Crippen LogP contribution in [-0.4, -0.2) is 29.1 Å². The molecule has 0 aromatic rings. The number of nitrogens with two attached hydrogens (primary N) is 1. The molecule has 1 amide bonds. The third kappa shape index (κ3) is 3.98. The van der Waals surface area contributed by atoms with Crippen LogP contribution >= 0.6 is 0 Å². The Balaban J connectivity index is 2.36. The zero-order valence-electron chi connectivity index (χ0n) is 11.2. The number of carbonyl (C=O) groups is 2. The van der Waals surface area contributed by atoms with Crippen LogP contribution in [0.4, 0.5) is 0 Å². The minimum atomic E-state index is -0.726. The Morgan fingerprint density at radius 1 is 1.33 bits per heavy atom. The molecule has 5 nitrogen and oxygen atoms in total. The maximum absolute atomic E-state index is 11.9. The third-order valence-electron chi connectivity index (χ3n) is 3.98. The van der Waals surface area contributed by atoms with Gasteiger partial charge in [-0.2, -0.15) is 0 Å². The van der Waals surface area contributed by atoms with Crippen LogP contribution in [0, 0.1) is 11.8 Å². The molecule has 0 radical (unpaired) electrons. The molecule has 0 bridgehead atoms. The number of aliphatic carboxylic acids is 1. The van der Waals surface area contributed by atoms with Crippen LogP contribution in [0.3, 0.4) is 0 Å². The van der Waals surface area contributed by atoms with Crippen LogP contribution in [0.5, 0.6) is 0 Å². The van der Waals surface area contributed by atoms with E-state index in [1.807, 2.05) is 13.8 Å². The molecule has 2 atom stereocenters. The summed E-state index contributed by atoms with van der Waals surface area (Å²) in [5.74, 6) is -0.916. The van der Waals surface area contributed by atoms with Gasteiger partial charge in [-0.3, -0.25) is 9.59 Å². The van der Waals surface area contributed by atoms with Gasteiger partial charge in [-0.1, -0.05) is 20.3 Å². The van der Waals surface area contributed by atoms with E-state index in [1.54, 1.807) is 0 Å². The molecule has 1 rings (SSSR count). The minimum absolute atomic E-state index is 0.0863. The van der Waals surface area contributed by atoms with Crippen molar-refractivity contribution in [3.05, 3.63) is 0 Å². The summed E-state index contributed by atoms with van der Waals surface area (Å²) in [6.45, 7) is 3.97. The second-order valence-corrected chi connectivity index (χ2v) is 5.31. The number of nitrogens with one attached hydrogen (secondary N) is 1. The average Bonchev–Trinajstić information content (AvgIpc) is 2.37. The van der Waals surface area contributed by atoms with Gasteiger partial charge in [0, 0.05) is 6.04 Å². The van der Waals surface area contributed by atoms with Crippen LogP contribution < -0.4 is 11.1 Å². The molecule has 1 aliphatic carbocycles. The molecule has 1 fully saturated rings. The number of carbonyl (C=O) groups excluding carboxylic acids is 1. The van der Waals surface area contributed by atoms with E-state index in [0.717, 1.165) is 19.3 Å². The second-order valence-electron chi connectivity index (χ2n) is 5.31. The highest BCUT2D eigenvalue weighted by molar-refractivity contribution is 5.82. The topological polar surface area (TPSA) is 92.4 Å². The molecular weight excluding hydrogens is 232 g/mol. The van der Waals surface area contributed by atoms with Gasteiger partial charge >= 0.3 is 5.97 Å². The highest BCUT2D eigenvalue weighted by Gasteiger charge is 2.28. The zero-order valence-corrected chi connectivity index (χ0v) is 11.2. The van der Waals surface area contributed by atoms with Gasteiger partial charge in [0.2, 0.25) is 5.91 Å². The first-order chi connectivity index (χ1) is 8.45. The average molecular weight is 256 g/mol. The Labute approximate surface area is 108 Å². The van der Waals surface area contributed by atoms with Crippen LogP contribution in [-0.2, 0) is 9.59 Å². The summed E-state index contributed by atoms with van der Waals surface area (Å²) in [4.78, 5) is 22.7. The lowest BCUT2D eigenvalue weighted by molar-refractivity contribution is -0.142. The number of rotatable bonds is 5. The molecule has 1 aliphatic rings. The Kier molecular flexibility index (Phi) is 5.59. The van der Waals surface area contributed by atoms with Gasteiger partial charge in [-0.05, 0) is 31.6 Å². The fraction of sp³-hybridized carbons (Fsp3) is 0.846. The van der Waals surface area contributed by atoms with E-state index in [4.69, 9.17) is 10.8 Å². The Morgan fingerprint density at radius 3 is 2.33 bits per heavy atom. The minimum Gasteiger partial charge on any atom is -0.481 e. The van der Waals surface area contributed by atoms with E-state index < -0.39 is 12.0 Å². The highest BCUT2D eigenvalue weighted by atomic mass is 16.4. The lowest BCUT2D eigenvalue weighted by atomic mass is 9.86. The first-order valence-corrected chi connectivity index (χ1v) is 6.74. The molecule has 0 saturated heterocycles. The number of amides is 1. The van der Waals surface area contributed by atoms with Crippen molar-refractivity contribution >= 4 is 11.9 Å². The summed E-state index contributed by atoms with van der Waals surface area (Å²) in [5.41, 5.74) is 5.86. The van der Waals surface area contributed by atoms with E-state index >= 15 is 0 Å². The first-order valence-electron chi connectivity index (χ1n) is 6.74. The maximum atomic E-state index is 11.9.